The van der Waals surface area contributed by atoms with Gasteiger partial charge in [-0.15, -0.1) is 0 Å². The van der Waals surface area contributed by atoms with Gasteiger partial charge in [0.15, 0.2) is 0 Å². The molecule has 0 unspecified atom stereocenters. The Hall–Kier alpha value is -1.10. The average molecular weight is 162 g/mol. The molecule has 0 fully saturated rings. The first kappa shape index (κ1) is 12.6. The van der Waals surface area contributed by atoms with E-state index in [1.165, 1.54) is 0 Å². The van der Waals surface area contributed by atoms with Crippen LogP contribution < -0.4 is 16.2 Å². The molecule has 0 rings (SSSR count). The quantitative estimate of drug-likeness (QED) is 0.457. The Morgan fingerprint density at radius 1 is 1.36 bits per heavy atom. The molecule has 0 aliphatic heterocycles. The molecule has 4 N–H and O–H groups in total. The Balaban J connectivity index is 0. The summed E-state index contributed by atoms with van der Waals surface area (Å²) in [5, 5.41) is 11.6. The van der Waals surface area contributed by atoms with Crippen LogP contribution in [0, 0.1) is 0 Å². The summed E-state index contributed by atoms with van der Waals surface area (Å²) >= 11 is 0. The van der Waals surface area contributed by atoms with Gasteiger partial charge in [0.2, 0.25) is 5.91 Å². The maximum Gasteiger partial charge on any atom is 0.217 e. The number of carbonyl (C=O) groups excluding carboxylic acids is 2. The third-order valence-electron chi connectivity index (χ3n) is 0.576. The summed E-state index contributed by atoms with van der Waals surface area (Å²) in [6.45, 7) is 0. The van der Waals surface area contributed by atoms with Crippen molar-refractivity contribution < 1.29 is 20.0 Å². The highest BCUT2D eigenvalue weighted by Gasteiger charge is 1.91. The molecule has 0 aromatic heterocycles. The third kappa shape index (κ3) is 27.9. The van der Waals surface area contributed by atoms with Gasteiger partial charge in [-0.3, -0.25) is 4.79 Å². The third-order valence-corrected chi connectivity index (χ3v) is 0.576. The van der Waals surface area contributed by atoms with Gasteiger partial charge in [0.25, 0.3) is 0 Å². The number of primary amides is 1. The van der Waals surface area contributed by atoms with E-state index >= 15 is 0 Å². The van der Waals surface area contributed by atoms with Crippen LogP contribution in [0.25, 0.3) is 0 Å². The predicted molar refractivity (Wildman–Crippen MR) is 37.2 cm³/mol. The van der Waals surface area contributed by atoms with Gasteiger partial charge in [-0.2, -0.15) is 0 Å². The molecule has 0 atom stereocenters. The van der Waals surface area contributed by atoms with Crippen molar-refractivity contribution >= 4 is 11.9 Å². The minimum Gasteiger partial charge on any atom is -0.550 e. The number of quaternary nitrogens is 1. The number of rotatable bonds is 3. The lowest BCUT2D eigenvalue weighted by Crippen LogP contribution is -2.74. The lowest BCUT2D eigenvalue weighted by molar-refractivity contribution is -0.597. The highest BCUT2D eigenvalue weighted by atomic mass is 16.4. The van der Waals surface area contributed by atoms with Gasteiger partial charge in [-0.25, -0.2) is 0 Å². The van der Waals surface area contributed by atoms with Crippen LogP contribution in [0.15, 0.2) is 0 Å². The van der Waals surface area contributed by atoms with Crippen molar-refractivity contribution in [2.75, 3.05) is 14.1 Å². The molecule has 66 valence electrons. The van der Waals surface area contributed by atoms with Crippen molar-refractivity contribution in [2.24, 2.45) is 5.73 Å². The molecule has 0 aliphatic rings. The number of carbonyl (C=O) groups is 2. The first-order chi connectivity index (χ1) is 5.04. The Morgan fingerprint density at radius 3 is 1.82 bits per heavy atom. The van der Waals surface area contributed by atoms with Crippen LogP contribution in [-0.4, -0.2) is 26.0 Å². The zero-order valence-electron chi connectivity index (χ0n) is 6.79. The lowest BCUT2D eigenvalue weighted by atomic mass is 10.3. The standard InChI is InChI=1S/C4H7NO3.C2H7N/c5-3(6)1-2-4(7)8;1-3-2/h1-2H2,(H2,5,6)(H,7,8);3H,1-2H3. The van der Waals surface area contributed by atoms with Gasteiger partial charge in [0, 0.05) is 12.4 Å². The highest BCUT2D eigenvalue weighted by molar-refractivity contribution is 5.78. The summed E-state index contributed by atoms with van der Waals surface area (Å²) in [6, 6.07) is 0. The number of carboxylic acid groups (broad SMARTS) is 1. The smallest absolute Gasteiger partial charge is 0.217 e. The summed E-state index contributed by atoms with van der Waals surface area (Å²) in [6.07, 6.45) is -0.419. The molecular formula is C6H14N2O3. The molecule has 0 saturated heterocycles. The summed E-state index contributed by atoms with van der Waals surface area (Å²) in [7, 11) is 4.00. The van der Waals surface area contributed by atoms with E-state index in [-0.39, 0.29) is 12.8 Å². The first-order valence-electron chi connectivity index (χ1n) is 3.26. The van der Waals surface area contributed by atoms with E-state index in [1.807, 2.05) is 19.4 Å². The zero-order valence-corrected chi connectivity index (χ0v) is 6.79. The number of hydrogen-bond donors (Lipinski definition) is 2. The van der Waals surface area contributed by atoms with E-state index in [0.29, 0.717) is 0 Å². The molecule has 5 nitrogen and oxygen atoms in total. The molecule has 0 spiro atoms. The van der Waals surface area contributed by atoms with Gasteiger partial charge >= 0.3 is 0 Å². The van der Waals surface area contributed by atoms with Gasteiger partial charge in [-0.05, 0) is 6.42 Å². The summed E-state index contributed by atoms with van der Waals surface area (Å²) in [5.74, 6) is -1.86. The Bertz CT molecular complexity index is 111. The van der Waals surface area contributed by atoms with Crippen LogP contribution in [-0.2, 0) is 9.59 Å². The van der Waals surface area contributed by atoms with Crippen molar-refractivity contribution in [1.29, 1.82) is 0 Å². The van der Waals surface area contributed by atoms with Crippen molar-refractivity contribution in [3.63, 3.8) is 0 Å². The minimum absolute atomic E-state index is 0.137. The molecule has 0 aromatic carbocycles. The molecule has 0 saturated carbocycles. The van der Waals surface area contributed by atoms with Gasteiger partial charge in [0.05, 0.1) is 14.1 Å². The molecule has 0 bridgehead atoms. The first-order valence-corrected chi connectivity index (χ1v) is 3.26. The number of amides is 1. The maximum atomic E-state index is 9.83. The van der Waals surface area contributed by atoms with Gasteiger partial charge < -0.3 is 21.0 Å². The van der Waals surface area contributed by atoms with Crippen LogP contribution in [0.3, 0.4) is 0 Å². The molecule has 0 radical (unpaired) electrons. The molecule has 5 heteroatoms. The minimum atomic E-state index is -1.25. The molecular weight excluding hydrogens is 148 g/mol. The average Bonchev–Trinajstić information content (AvgIpc) is 1.85. The lowest BCUT2D eigenvalue weighted by Gasteiger charge is -1.95. The molecule has 11 heavy (non-hydrogen) atoms. The normalized spacial score (nSPS) is 7.82. The van der Waals surface area contributed by atoms with Crippen LogP contribution in [0.2, 0.25) is 0 Å². The van der Waals surface area contributed by atoms with Crippen LogP contribution in [0.1, 0.15) is 12.8 Å². The number of aliphatic carboxylic acids is 1. The summed E-state index contributed by atoms with van der Waals surface area (Å²) in [5.41, 5.74) is 4.61. The van der Waals surface area contributed by atoms with Crippen LogP contribution >= 0.6 is 0 Å². The number of hydrogen-bond acceptors (Lipinski definition) is 3. The summed E-state index contributed by atoms with van der Waals surface area (Å²) < 4.78 is 0. The molecule has 0 heterocycles. The summed E-state index contributed by atoms with van der Waals surface area (Å²) in [4.78, 5) is 19.4. The van der Waals surface area contributed by atoms with E-state index in [0.717, 1.165) is 0 Å². The van der Waals surface area contributed by atoms with E-state index in [2.05, 4.69) is 5.73 Å². The fourth-order valence-electron chi connectivity index (χ4n) is 0.225. The van der Waals surface area contributed by atoms with Crippen molar-refractivity contribution in [3.8, 4) is 0 Å². The Kier molecular flexibility index (Phi) is 10.2. The van der Waals surface area contributed by atoms with Crippen LogP contribution in [0.4, 0.5) is 0 Å². The fourth-order valence-corrected chi connectivity index (χ4v) is 0.225. The second-order valence-corrected chi connectivity index (χ2v) is 1.92. The Morgan fingerprint density at radius 2 is 1.73 bits per heavy atom. The van der Waals surface area contributed by atoms with E-state index in [4.69, 9.17) is 0 Å². The number of nitrogens with two attached hydrogens (primary N) is 2. The largest absolute Gasteiger partial charge is 0.550 e. The highest BCUT2D eigenvalue weighted by Crippen LogP contribution is 1.81. The SMILES string of the molecule is C[NH2+]C.NC(=O)CCC(=O)[O-]. The number of carboxylic acids is 1. The fraction of sp³-hybridized carbons (Fsp3) is 0.667. The van der Waals surface area contributed by atoms with E-state index in [1.54, 1.807) is 0 Å². The van der Waals surface area contributed by atoms with Gasteiger partial charge in [0.1, 0.15) is 0 Å². The second kappa shape index (κ2) is 8.90. The van der Waals surface area contributed by atoms with E-state index in [9.17, 15) is 14.7 Å². The monoisotopic (exact) mass is 162 g/mol. The zero-order chi connectivity index (χ0) is 9.28. The molecule has 0 aliphatic carbocycles. The molecule has 1 amide bonds. The topological polar surface area (TPSA) is 99.8 Å². The molecule has 0 aromatic rings. The van der Waals surface area contributed by atoms with Gasteiger partial charge in [-0.1, -0.05) is 0 Å². The predicted octanol–water partition coefficient (Wildman–Crippen LogP) is -3.19. The second-order valence-electron chi connectivity index (χ2n) is 1.92. The van der Waals surface area contributed by atoms with Crippen LogP contribution in [0.5, 0.6) is 0 Å². The Labute approximate surface area is 65.6 Å². The van der Waals surface area contributed by atoms with Crippen molar-refractivity contribution in [1.82, 2.24) is 0 Å². The van der Waals surface area contributed by atoms with Crippen molar-refractivity contribution in [3.05, 3.63) is 0 Å². The maximum absolute atomic E-state index is 9.83. The van der Waals surface area contributed by atoms with Crippen molar-refractivity contribution in [2.45, 2.75) is 12.8 Å². The van der Waals surface area contributed by atoms with E-state index < -0.39 is 11.9 Å².